The number of hydrogen-bond donors (Lipinski definition) is 2. The Labute approximate surface area is 115 Å². The summed E-state index contributed by atoms with van der Waals surface area (Å²) in [6, 6.07) is 0. The molecular weight excluding hydrogens is 240 g/mol. The third-order valence-electron chi connectivity index (χ3n) is 4.05. The number of carbonyl (C=O) groups excluding carboxylic acids is 1. The maximum absolute atomic E-state index is 12.1. The fraction of sp³-hybridized carbons (Fsp3) is 0.714. The van der Waals surface area contributed by atoms with Gasteiger partial charge in [-0.2, -0.15) is 5.10 Å². The van der Waals surface area contributed by atoms with E-state index in [1.807, 2.05) is 20.9 Å². The van der Waals surface area contributed by atoms with E-state index < -0.39 is 0 Å². The van der Waals surface area contributed by atoms with Gasteiger partial charge in [0.15, 0.2) is 6.54 Å². The van der Waals surface area contributed by atoms with E-state index in [-0.39, 0.29) is 5.91 Å². The molecular formula is C14H25N4O+. The number of aryl methyl sites for hydroxylation is 2. The minimum absolute atomic E-state index is 0.100. The summed E-state index contributed by atoms with van der Waals surface area (Å²) in [4.78, 5) is 13.5. The number of nitrogens with one attached hydrogen (secondary N) is 2. The predicted octanol–water partition coefficient (Wildman–Crippen LogP) is 0.290. The van der Waals surface area contributed by atoms with Crippen LogP contribution in [0.3, 0.4) is 0 Å². The van der Waals surface area contributed by atoms with Crippen molar-refractivity contribution in [1.82, 2.24) is 9.78 Å². The summed E-state index contributed by atoms with van der Waals surface area (Å²) < 4.78 is 1.81. The van der Waals surface area contributed by atoms with Gasteiger partial charge in [-0.1, -0.05) is 6.92 Å². The van der Waals surface area contributed by atoms with Gasteiger partial charge in [-0.05, 0) is 26.7 Å². The second kappa shape index (κ2) is 5.74. The SMILES string of the molecule is Cc1nn(C)c(C)c1NC(=O)C[NH+]1CCC[C@@H](C)C1. The highest BCUT2D eigenvalue weighted by molar-refractivity contribution is 5.92. The molecule has 2 N–H and O–H groups in total. The Balaban J connectivity index is 1.94. The van der Waals surface area contributed by atoms with E-state index in [0.717, 1.165) is 36.1 Å². The number of carbonyl (C=O) groups is 1. The van der Waals surface area contributed by atoms with Crippen molar-refractivity contribution in [3.05, 3.63) is 11.4 Å². The normalized spacial score (nSPS) is 23.4. The van der Waals surface area contributed by atoms with Crippen molar-refractivity contribution in [1.29, 1.82) is 0 Å². The van der Waals surface area contributed by atoms with Crippen LogP contribution in [0.1, 0.15) is 31.2 Å². The second-order valence-electron chi connectivity index (χ2n) is 5.85. The van der Waals surface area contributed by atoms with Crippen LogP contribution in [0.15, 0.2) is 0 Å². The molecule has 5 heteroatoms. The summed E-state index contributed by atoms with van der Waals surface area (Å²) in [6.45, 7) is 8.97. The minimum Gasteiger partial charge on any atom is -0.327 e. The van der Waals surface area contributed by atoms with Crippen molar-refractivity contribution in [2.45, 2.75) is 33.6 Å². The monoisotopic (exact) mass is 265 g/mol. The molecule has 2 heterocycles. The number of hydrogen-bond acceptors (Lipinski definition) is 2. The summed E-state index contributed by atoms with van der Waals surface area (Å²) in [7, 11) is 1.90. The second-order valence-corrected chi connectivity index (χ2v) is 5.85. The smallest absolute Gasteiger partial charge is 0.279 e. The van der Waals surface area contributed by atoms with Gasteiger partial charge in [0.25, 0.3) is 5.91 Å². The summed E-state index contributed by atoms with van der Waals surface area (Å²) in [6.07, 6.45) is 2.53. The number of rotatable bonds is 3. The van der Waals surface area contributed by atoms with Crippen LogP contribution in [0.25, 0.3) is 0 Å². The van der Waals surface area contributed by atoms with Crippen molar-refractivity contribution < 1.29 is 9.69 Å². The molecule has 1 aromatic rings. The van der Waals surface area contributed by atoms with Crippen LogP contribution >= 0.6 is 0 Å². The standard InChI is InChI=1S/C14H24N4O/c1-10-6-5-7-18(8-10)9-13(19)15-14-11(2)16-17(4)12(14)3/h10H,5-9H2,1-4H3,(H,15,19)/p+1/t10-/m1/s1. The molecule has 1 aliphatic rings. The molecule has 1 saturated heterocycles. The highest BCUT2D eigenvalue weighted by atomic mass is 16.2. The van der Waals surface area contributed by atoms with E-state index in [2.05, 4.69) is 17.3 Å². The molecule has 0 spiro atoms. The lowest BCUT2D eigenvalue weighted by atomic mass is 10.0. The third kappa shape index (κ3) is 3.35. The van der Waals surface area contributed by atoms with Crippen LogP contribution in [0.2, 0.25) is 0 Å². The molecule has 2 atom stereocenters. The van der Waals surface area contributed by atoms with E-state index in [9.17, 15) is 4.79 Å². The molecule has 0 aromatic carbocycles. The number of quaternary nitrogens is 1. The van der Waals surface area contributed by atoms with Crippen LogP contribution in [0, 0.1) is 19.8 Å². The van der Waals surface area contributed by atoms with Crippen LogP contribution in [0.4, 0.5) is 5.69 Å². The quantitative estimate of drug-likeness (QED) is 0.825. The lowest BCUT2D eigenvalue weighted by Crippen LogP contribution is -3.14. The molecule has 1 fully saturated rings. The molecule has 19 heavy (non-hydrogen) atoms. The zero-order chi connectivity index (χ0) is 14.0. The number of likely N-dealkylation sites (tertiary alicyclic amines) is 1. The largest absolute Gasteiger partial charge is 0.327 e. The fourth-order valence-electron chi connectivity index (χ4n) is 2.92. The zero-order valence-electron chi connectivity index (χ0n) is 12.4. The van der Waals surface area contributed by atoms with Crippen molar-refractivity contribution in [2.24, 2.45) is 13.0 Å². The average molecular weight is 265 g/mol. The van der Waals surface area contributed by atoms with Crippen molar-refractivity contribution in [3.8, 4) is 0 Å². The molecule has 106 valence electrons. The number of amides is 1. The topological polar surface area (TPSA) is 51.4 Å². The van der Waals surface area contributed by atoms with Gasteiger partial charge in [-0.25, -0.2) is 0 Å². The van der Waals surface area contributed by atoms with Crippen molar-refractivity contribution >= 4 is 11.6 Å². The molecule has 1 aromatic heterocycles. The Morgan fingerprint density at radius 3 is 2.84 bits per heavy atom. The summed E-state index contributed by atoms with van der Waals surface area (Å²) >= 11 is 0. The Hall–Kier alpha value is -1.36. The van der Waals surface area contributed by atoms with Gasteiger partial charge in [-0.15, -0.1) is 0 Å². The molecule has 0 aliphatic carbocycles. The Bertz CT molecular complexity index is 466. The number of aromatic nitrogens is 2. The summed E-state index contributed by atoms with van der Waals surface area (Å²) in [5.74, 6) is 0.835. The van der Waals surface area contributed by atoms with E-state index in [1.54, 1.807) is 4.68 Å². The highest BCUT2D eigenvalue weighted by Crippen LogP contribution is 2.17. The molecule has 0 bridgehead atoms. The van der Waals surface area contributed by atoms with Gasteiger partial charge in [0.05, 0.1) is 30.2 Å². The highest BCUT2D eigenvalue weighted by Gasteiger charge is 2.22. The van der Waals surface area contributed by atoms with Gasteiger partial charge >= 0.3 is 0 Å². The first-order valence-electron chi connectivity index (χ1n) is 7.11. The van der Waals surface area contributed by atoms with Crippen LogP contribution in [-0.4, -0.2) is 35.3 Å². The molecule has 0 saturated carbocycles. The van der Waals surface area contributed by atoms with Crippen LogP contribution in [-0.2, 0) is 11.8 Å². The molecule has 5 nitrogen and oxygen atoms in total. The van der Waals surface area contributed by atoms with Gasteiger partial charge < -0.3 is 10.2 Å². The predicted molar refractivity (Wildman–Crippen MR) is 75.3 cm³/mol. The van der Waals surface area contributed by atoms with Crippen molar-refractivity contribution in [2.75, 3.05) is 25.0 Å². The van der Waals surface area contributed by atoms with Gasteiger partial charge in [0.1, 0.15) is 0 Å². The first kappa shape index (κ1) is 14.1. The van der Waals surface area contributed by atoms with E-state index in [0.29, 0.717) is 6.54 Å². The number of anilines is 1. The summed E-state index contributed by atoms with van der Waals surface area (Å²) in [5, 5.41) is 7.34. The van der Waals surface area contributed by atoms with Crippen molar-refractivity contribution in [3.63, 3.8) is 0 Å². The third-order valence-corrected chi connectivity index (χ3v) is 4.05. The van der Waals surface area contributed by atoms with Crippen LogP contribution < -0.4 is 10.2 Å². The van der Waals surface area contributed by atoms with E-state index in [1.165, 1.54) is 17.7 Å². The zero-order valence-corrected chi connectivity index (χ0v) is 12.4. The number of nitrogens with zero attached hydrogens (tertiary/aromatic N) is 2. The van der Waals surface area contributed by atoms with E-state index >= 15 is 0 Å². The maximum Gasteiger partial charge on any atom is 0.279 e. The Morgan fingerprint density at radius 1 is 1.53 bits per heavy atom. The lowest BCUT2D eigenvalue weighted by Gasteiger charge is -2.27. The van der Waals surface area contributed by atoms with Crippen LogP contribution in [0.5, 0.6) is 0 Å². The molecule has 0 radical (unpaired) electrons. The molecule has 1 unspecified atom stereocenters. The lowest BCUT2D eigenvalue weighted by molar-refractivity contribution is -0.900. The first-order chi connectivity index (χ1) is 8.97. The molecule has 1 aliphatic heterocycles. The molecule has 2 rings (SSSR count). The first-order valence-corrected chi connectivity index (χ1v) is 7.11. The molecule has 1 amide bonds. The maximum atomic E-state index is 12.1. The van der Waals surface area contributed by atoms with E-state index in [4.69, 9.17) is 0 Å². The Kier molecular flexibility index (Phi) is 4.24. The minimum atomic E-state index is 0.100. The van der Waals surface area contributed by atoms with Gasteiger partial charge in [0.2, 0.25) is 0 Å². The van der Waals surface area contributed by atoms with Gasteiger partial charge in [-0.3, -0.25) is 9.48 Å². The summed E-state index contributed by atoms with van der Waals surface area (Å²) in [5.41, 5.74) is 2.76. The average Bonchev–Trinajstić information content (AvgIpc) is 2.56. The number of piperidine rings is 1. The Morgan fingerprint density at radius 2 is 2.26 bits per heavy atom. The fourth-order valence-corrected chi connectivity index (χ4v) is 2.92. The van der Waals surface area contributed by atoms with Gasteiger partial charge in [0, 0.05) is 13.0 Å².